The van der Waals surface area contributed by atoms with E-state index in [1.807, 2.05) is 13.0 Å². The van der Waals surface area contributed by atoms with Crippen LogP contribution < -0.4 is 10.2 Å². The van der Waals surface area contributed by atoms with Crippen LogP contribution in [0.3, 0.4) is 0 Å². The highest BCUT2D eigenvalue weighted by atomic mass is 35.5. The molecule has 1 aliphatic carbocycles. The van der Waals surface area contributed by atoms with Crippen LogP contribution >= 0.6 is 23.4 Å². The topological polar surface area (TPSA) is 86.8 Å². The minimum absolute atomic E-state index is 0.140. The molecule has 0 unspecified atom stereocenters. The third-order valence-corrected chi connectivity index (χ3v) is 6.33. The fraction of sp³-hybridized carbons (Fsp3) is 0.474. The van der Waals surface area contributed by atoms with E-state index in [0.29, 0.717) is 22.3 Å². The molecule has 2 fully saturated rings. The molecular formula is C19H21ClN6OS. The summed E-state index contributed by atoms with van der Waals surface area (Å²) >= 11 is 7.47. The van der Waals surface area contributed by atoms with E-state index < -0.39 is 0 Å². The van der Waals surface area contributed by atoms with Crippen molar-refractivity contribution in [2.45, 2.75) is 49.1 Å². The van der Waals surface area contributed by atoms with Crippen LogP contribution in [-0.2, 0) is 4.79 Å². The molecule has 9 heteroatoms. The van der Waals surface area contributed by atoms with Crippen molar-refractivity contribution >= 4 is 40.9 Å². The molecule has 1 saturated heterocycles. The van der Waals surface area contributed by atoms with Gasteiger partial charge in [0.1, 0.15) is 6.07 Å². The Morgan fingerprint density at radius 2 is 2.11 bits per heavy atom. The van der Waals surface area contributed by atoms with E-state index in [2.05, 4.69) is 25.0 Å². The molecule has 0 bridgehead atoms. The lowest BCUT2D eigenvalue weighted by Gasteiger charge is -2.18. The predicted molar refractivity (Wildman–Crippen MR) is 110 cm³/mol. The predicted octanol–water partition coefficient (Wildman–Crippen LogP) is 3.86. The lowest BCUT2D eigenvalue weighted by atomic mass is 10.2. The van der Waals surface area contributed by atoms with Crippen LogP contribution in [0.25, 0.3) is 0 Å². The van der Waals surface area contributed by atoms with Crippen molar-refractivity contribution < 1.29 is 4.79 Å². The first-order valence-corrected chi connectivity index (χ1v) is 10.7. The van der Waals surface area contributed by atoms with Crippen LogP contribution in [0.1, 0.15) is 44.2 Å². The summed E-state index contributed by atoms with van der Waals surface area (Å²) in [5.74, 6) is 0.799. The van der Waals surface area contributed by atoms with Gasteiger partial charge in [-0.25, -0.2) is 0 Å². The molecule has 1 aliphatic heterocycles. The Bertz CT molecular complexity index is 929. The number of benzene rings is 1. The second-order valence-corrected chi connectivity index (χ2v) is 8.85. The number of rotatable bonds is 6. The highest BCUT2D eigenvalue weighted by Gasteiger charge is 2.33. The number of hydrogen-bond donors (Lipinski definition) is 1. The molecule has 146 valence electrons. The molecule has 1 amide bonds. The average Bonchev–Trinajstić information content (AvgIpc) is 3.20. The number of nitrogens with one attached hydrogen (secondary N) is 1. The lowest BCUT2D eigenvalue weighted by Crippen LogP contribution is -2.24. The molecule has 0 spiro atoms. The Labute approximate surface area is 173 Å². The van der Waals surface area contributed by atoms with Crippen LogP contribution in [0.5, 0.6) is 0 Å². The van der Waals surface area contributed by atoms with Gasteiger partial charge in [0.15, 0.2) is 5.16 Å². The van der Waals surface area contributed by atoms with Gasteiger partial charge in [0.2, 0.25) is 11.9 Å². The summed E-state index contributed by atoms with van der Waals surface area (Å²) in [5.41, 5.74) is 0.955. The largest absolute Gasteiger partial charge is 0.341 e. The minimum Gasteiger partial charge on any atom is -0.341 e. The van der Waals surface area contributed by atoms with Crippen molar-refractivity contribution in [3.63, 3.8) is 0 Å². The molecule has 28 heavy (non-hydrogen) atoms. The van der Waals surface area contributed by atoms with E-state index in [-0.39, 0.29) is 11.2 Å². The molecule has 2 heterocycles. The Balaban J connectivity index is 1.46. The van der Waals surface area contributed by atoms with Crippen LogP contribution in [0.4, 0.5) is 11.6 Å². The standard InChI is InChI=1S/C19H21ClN6OS/c1-12(17(27)22-14-5-4-13(11-21)16(20)10-14)28-19-24-23-18(25-8-2-3-9-25)26(19)15-6-7-15/h4-5,10,12,15H,2-3,6-9H2,1H3,(H,22,27)/t12-/m0/s1. The lowest BCUT2D eigenvalue weighted by molar-refractivity contribution is -0.115. The number of carbonyl (C=O) groups is 1. The van der Waals surface area contributed by atoms with Gasteiger partial charge in [0, 0.05) is 24.8 Å². The normalized spacial score (nSPS) is 17.4. The quantitative estimate of drug-likeness (QED) is 0.719. The smallest absolute Gasteiger partial charge is 0.237 e. The number of thioether (sulfide) groups is 1. The zero-order valence-electron chi connectivity index (χ0n) is 15.6. The zero-order valence-corrected chi connectivity index (χ0v) is 17.1. The van der Waals surface area contributed by atoms with Crippen LogP contribution in [0.2, 0.25) is 5.02 Å². The third kappa shape index (κ3) is 3.96. The molecule has 0 radical (unpaired) electrons. The second-order valence-electron chi connectivity index (χ2n) is 7.13. The van der Waals surface area contributed by atoms with Crippen LogP contribution in [0.15, 0.2) is 23.4 Å². The van der Waals surface area contributed by atoms with Gasteiger partial charge in [-0.3, -0.25) is 9.36 Å². The number of halogens is 1. The van der Waals surface area contributed by atoms with E-state index in [9.17, 15) is 4.79 Å². The van der Waals surface area contributed by atoms with Gasteiger partial charge in [0.25, 0.3) is 0 Å². The number of nitrogens with zero attached hydrogens (tertiary/aromatic N) is 5. The van der Waals surface area contributed by atoms with E-state index >= 15 is 0 Å². The van der Waals surface area contributed by atoms with Crippen LogP contribution in [0, 0.1) is 11.3 Å². The maximum atomic E-state index is 12.6. The van der Waals surface area contributed by atoms with Crippen molar-refractivity contribution in [3.05, 3.63) is 28.8 Å². The molecule has 1 saturated carbocycles. The number of anilines is 2. The summed E-state index contributed by atoms with van der Waals surface area (Å²) in [6, 6.07) is 7.32. The Hall–Kier alpha value is -2.24. The third-order valence-electron chi connectivity index (χ3n) is 4.96. The number of aromatic nitrogens is 3. The zero-order chi connectivity index (χ0) is 19.7. The molecule has 1 aromatic carbocycles. The monoisotopic (exact) mass is 416 g/mol. The summed E-state index contributed by atoms with van der Waals surface area (Å²) < 4.78 is 2.21. The highest BCUT2D eigenvalue weighted by Crippen LogP contribution is 2.42. The van der Waals surface area contributed by atoms with Crippen molar-refractivity contribution in [2.24, 2.45) is 0 Å². The van der Waals surface area contributed by atoms with Gasteiger partial charge >= 0.3 is 0 Å². The SMILES string of the molecule is C[C@H](Sc1nnc(N2CCCC2)n1C1CC1)C(=O)Nc1ccc(C#N)c(Cl)c1. The fourth-order valence-electron chi connectivity index (χ4n) is 3.27. The Morgan fingerprint density at radius 1 is 1.36 bits per heavy atom. The molecule has 4 rings (SSSR count). The van der Waals surface area contributed by atoms with Gasteiger partial charge < -0.3 is 10.2 Å². The van der Waals surface area contributed by atoms with E-state index in [4.69, 9.17) is 16.9 Å². The molecule has 2 aromatic rings. The summed E-state index contributed by atoms with van der Waals surface area (Å²) in [7, 11) is 0. The van der Waals surface area contributed by atoms with Gasteiger partial charge in [-0.15, -0.1) is 10.2 Å². The molecule has 1 N–H and O–H groups in total. The molecule has 2 aliphatic rings. The van der Waals surface area contributed by atoms with E-state index in [1.54, 1.807) is 18.2 Å². The number of carbonyl (C=O) groups excluding carboxylic acids is 1. The summed E-state index contributed by atoms with van der Waals surface area (Å²) in [5, 5.41) is 21.4. The number of nitriles is 1. The minimum atomic E-state index is -0.345. The first-order chi connectivity index (χ1) is 13.6. The van der Waals surface area contributed by atoms with Crippen molar-refractivity contribution in [2.75, 3.05) is 23.3 Å². The second kappa shape index (κ2) is 8.02. The fourth-order valence-corrected chi connectivity index (χ4v) is 4.41. The highest BCUT2D eigenvalue weighted by molar-refractivity contribution is 8.00. The van der Waals surface area contributed by atoms with E-state index in [1.165, 1.54) is 24.6 Å². The maximum absolute atomic E-state index is 12.6. The van der Waals surface area contributed by atoms with Crippen LogP contribution in [-0.4, -0.2) is 39.0 Å². The molecular weight excluding hydrogens is 396 g/mol. The average molecular weight is 417 g/mol. The first kappa shape index (κ1) is 19.1. The number of amides is 1. The Kier molecular flexibility index (Phi) is 5.47. The van der Waals surface area contributed by atoms with Crippen molar-refractivity contribution in [1.82, 2.24) is 14.8 Å². The van der Waals surface area contributed by atoms with Crippen molar-refractivity contribution in [1.29, 1.82) is 5.26 Å². The first-order valence-electron chi connectivity index (χ1n) is 9.44. The summed E-state index contributed by atoms with van der Waals surface area (Å²) in [6.45, 7) is 3.89. The van der Waals surface area contributed by atoms with Gasteiger partial charge in [0.05, 0.1) is 15.8 Å². The van der Waals surface area contributed by atoms with Gasteiger partial charge in [-0.05, 0) is 50.8 Å². The van der Waals surface area contributed by atoms with Gasteiger partial charge in [-0.2, -0.15) is 5.26 Å². The number of hydrogen-bond acceptors (Lipinski definition) is 6. The molecule has 7 nitrogen and oxygen atoms in total. The summed E-state index contributed by atoms with van der Waals surface area (Å²) in [4.78, 5) is 14.9. The summed E-state index contributed by atoms with van der Waals surface area (Å²) in [6.07, 6.45) is 4.64. The Morgan fingerprint density at radius 3 is 2.75 bits per heavy atom. The van der Waals surface area contributed by atoms with E-state index in [0.717, 1.165) is 37.0 Å². The molecule has 1 atom stereocenters. The van der Waals surface area contributed by atoms with Gasteiger partial charge in [-0.1, -0.05) is 23.4 Å². The molecule has 1 aromatic heterocycles. The van der Waals surface area contributed by atoms with Crippen molar-refractivity contribution in [3.8, 4) is 6.07 Å². The maximum Gasteiger partial charge on any atom is 0.237 e.